The number of ether oxygens (including phenoxy) is 3. The predicted octanol–water partition coefficient (Wildman–Crippen LogP) is 3.35. The van der Waals surface area contributed by atoms with Gasteiger partial charge in [0.25, 0.3) is 0 Å². The fourth-order valence-corrected chi connectivity index (χ4v) is 2.79. The summed E-state index contributed by atoms with van der Waals surface area (Å²) in [6.45, 7) is 5.63. The van der Waals surface area contributed by atoms with Crippen molar-refractivity contribution in [3.8, 4) is 17.2 Å². The number of para-hydroxylation sites is 2. The summed E-state index contributed by atoms with van der Waals surface area (Å²) in [6, 6.07) is 15.6. The van der Waals surface area contributed by atoms with Gasteiger partial charge in [-0.2, -0.15) is 0 Å². The van der Waals surface area contributed by atoms with Crippen LogP contribution in [0.5, 0.6) is 17.2 Å². The lowest BCUT2D eigenvalue weighted by atomic mass is 10.1. The Balaban J connectivity index is 2.00. The summed E-state index contributed by atoms with van der Waals surface area (Å²) in [7, 11) is 3.27. The van der Waals surface area contributed by atoms with Crippen molar-refractivity contribution in [2.45, 2.75) is 32.5 Å². The van der Waals surface area contributed by atoms with Crippen molar-refractivity contribution >= 4 is 0 Å². The maximum Gasteiger partial charge on any atom is 0.165 e. The Hall–Kier alpha value is -2.24. The molecule has 0 unspecified atom stereocenters. The van der Waals surface area contributed by atoms with Gasteiger partial charge in [0.05, 0.1) is 14.2 Å². The largest absolute Gasteiger partial charge is 0.493 e. The van der Waals surface area contributed by atoms with Gasteiger partial charge in [-0.1, -0.05) is 30.3 Å². The molecule has 0 saturated heterocycles. The second-order valence-electron chi connectivity index (χ2n) is 6.45. The lowest BCUT2D eigenvalue weighted by Gasteiger charge is -2.29. The summed E-state index contributed by atoms with van der Waals surface area (Å²) in [4.78, 5) is 2.19. The number of hydrogen-bond donors (Lipinski definition) is 1. The van der Waals surface area contributed by atoms with Crippen LogP contribution >= 0.6 is 0 Å². The lowest BCUT2D eigenvalue weighted by Crippen LogP contribution is -2.39. The SMILES string of the molecule is COc1cccc(CN(C[C@@H](O)COc2ccccc2)C(C)C)c1OC. The Labute approximate surface area is 156 Å². The molecule has 0 aromatic heterocycles. The standard InChI is InChI=1S/C21H29NO4/c1-16(2)22(13-17-9-8-12-20(24-3)21(17)25-4)14-18(23)15-26-19-10-6-5-7-11-19/h5-12,16,18,23H,13-15H2,1-4H3/t18-/m1/s1. The summed E-state index contributed by atoms with van der Waals surface area (Å²) in [6.07, 6.45) is -0.589. The molecule has 1 N–H and O–H groups in total. The van der Waals surface area contributed by atoms with Crippen LogP contribution in [0.25, 0.3) is 0 Å². The van der Waals surface area contributed by atoms with Gasteiger partial charge < -0.3 is 19.3 Å². The third-order valence-electron chi connectivity index (χ3n) is 4.22. The van der Waals surface area contributed by atoms with E-state index in [4.69, 9.17) is 14.2 Å². The molecule has 0 fully saturated rings. The van der Waals surface area contributed by atoms with Crippen LogP contribution in [0.2, 0.25) is 0 Å². The Morgan fingerprint density at radius 2 is 1.69 bits per heavy atom. The van der Waals surface area contributed by atoms with Crippen LogP contribution in [0, 0.1) is 0 Å². The van der Waals surface area contributed by atoms with Crippen LogP contribution in [0.4, 0.5) is 0 Å². The highest BCUT2D eigenvalue weighted by atomic mass is 16.5. The normalized spacial score (nSPS) is 12.3. The van der Waals surface area contributed by atoms with Gasteiger partial charge in [-0.25, -0.2) is 0 Å². The molecule has 0 aliphatic carbocycles. The number of rotatable bonds is 10. The van der Waals surface area contributed by atoms with E-state index in [-0.39, 0.29) is 12.6 Å². The first-order valence-corrected chi connectivity index (χ1v) is 8.85. The molecular formula is C21H29NO4. The highest BCUT2D eigenvalue weighted by molar-refractivity contribution is 5.46. The van der Waals surface area contributed by atoms with Gasteiger partial charge in [0, 0.05) is 24.7 Å². The molecule has 2 aromatic rings. The molecule has 2 aromatic carbocycles. The minimum atomic E-state index is -0.589. The number of aliphatic hydroxyl groups is 1. The minimum absolute atomic E-state index is 0.252. The third kappa shape index (κ3) is 5.64. The molecule has 0 amide bonds. The molecule has 0 radical (unpaired) electrons. The molecule has 1 atom stereocenters. The Morgan fingerprint density at radius 1 is 0.962 bits per heavy atom. The van der Waals surface area contributed by atoms with Crippen molar-refractivity contribution in [2.24, 2.45) is 0 Å². The quantitative estimate of drug-likeness (QED) is 0.705. The van der Waals surface area contributed by atoms with Crippen LogP contribution in [0.3, 0.4) is 0 Å². The van der Waals surface area contributed by atoms with Crippen LogP contribution in [-0.2, 0) is 6.54 Å². The molecule has 0 saturated carbocycles. The van der Waals surface area contributed by atoms with Gasteiger partial charge >= 0.3 is 0 Å². The van der Waals surface area contributed by atoms with Gasteiger partial charge in [0.1, 0.15) is 18.5 Å². The van der Waals surface area contributed by atoms with E-state index in [0.29, 0.717) is 18.8 Å². The zero-order valence-corrected chi connectivity index (χ0v) is 16.0. The van der Waals surface area contributed by atoms with Crippen molar-refractivity contribution in [2.75, 3.05) is 27.4 Å². The first-order chi connectivity index (χ1) is 12.5. The van der Waals surface area contributed by atoms with Gasteiger partial charge in [-0.15, -0.1) is 0 Å². The maximum absolute atomic E-state index is 10.4. The van der Waals surface area contributed by atoms with Crippen molar-refractivity contribution < 1.29 is 19.3 Å². The summed E-state index contributed by atoms with van der Waals surface area (Å²) in [5.74, 6) is 2.20. The minimum Gasteiger partial charge on any atom is -0.493 e. The molecule has 2 rings (SSSR count). The van der Waals surface area contributed by atoms with E-state index in [1.165, 1.54) is 0 Å². The van der Waals surface area contributed by atoms with E-state index < -0.39 is 6.10 Å². The Morgan fingerprint density at radius 3 is 2.31 bits per heavy atom. The van der Waals surface area contributed by atoms with Gasteiger partial charge in [-0.3, -0.25) is 4.90 Å². The maximum atomic E-state index is 10.4. The lowest BCUT2D eigenvalue weighted by molar-refractivity contribution is 0.0540. The number of aliphatic hydroxyl groups excluding tert-OH is 1. The van der Waals surface area contributed by atoms with Crippen molar-refractivity contribution in [3.05, 3.63) is 54.1 Å². The Kier molecular flexibility index (Phi) is 7.75. The van der Waals surface area contributed by atoms with Crippen LogP contribution in [0.15, 0.2) is 48.5 Å². The van der Waals surface area contributed by atoms with Gasteiger partial charge in [0.15, 0.2) is 11.5 Å². The van der Waals surface area contributed by atoms with E-state index in [0.717, 1.165) is 17.1 Å². The third-order valence-corrected chi connectivity index (χ3v) is 4.22. The van der Waals surface area contributed by atoms with Crippen molar-refractivity contribution in [3.63, 3.8) is 0 Å². The van der Waals surface area contributed by atoms with Gasteiger partial charge in [-0.05, 0) is 32.0 Å². The van der Waals surface area contributed by atoms with Gasteiger partial charge in [0.2, 0.25) is 0 Å². The van der Waals surface area contributed by atoms with Crippen molar-refractivity contribution in [1.82, 2.24) is 4.90 Å². The second kappa shape index (κ2) is 10.0. The summed E-state index contributed by atoms with van der Waals surface area (Å²) in [5.41, 5.74) is 1.02. The number of nitrogens with zero attached hydrogens (tertiary/aromatic N) is 1. The number of hydrogen-bond acceptors (Lipinski definition) is 5. The average molecular weight is 359 g/mol. The van der Waals surface area contributed by atoms with Crippen LogP contribution in [0.1, 0.15) is 19.4 Å². The molecular weight excluding hydrogens is 330 g/mol. The zero-order valence-electron chi connectivity index (χ0n) is 16.0. The van der Waals surface area contributed by atoms with E-state index in [9.17, 15) is 5.11 Å². The van der Waals surface area contributed by atoms with E-state index in [1.807, 2.05) is 48.5 Å². The molecule has 0 bridgehead atoms. The monoisotopic (exact) mass is 359 g/mol. The molecule has 0 spiro atoms. The highest BCUT2D eigenvalue weighted by Crippen LogP contribution is 2.31. The summed E-state index contributed by atoms with van der Waals surface area (Å²) in [5, 5.41) is 10.4. The van der Waals surface area contributed by atoms with E-state index >= 15 is 0 Å². The number of methoxy groups -OCH3 is 2. The Bertz CT molecular complexity index is 660. The summed E-state index contributed by atoms with van der Waals surface area (Å²) >= 11 is 0. The highest BCUT2D eigenvalue weighted by Gasteiger charge is 2.19. The van der Waals surface area contributed by atoms with E-state index in [1.54, 1.807) is 14.2 Å². The molecule has 0 heterocycles. The fraction of sp³-hybridized carbons (Fsp3) is 0.429. The second-order valence-corrected chi connectivity index (χ2v) is 6.45. The predicted molar refractivity (Wildman–Crippen MR) is 103 cm³/mol. The first kappa shape index (κ1) is 20.1. The molecule has 5 heteroatoms. The zero-order chi connectivity index (χ0) is 18.9. The summed E-state index contributed by atoms with van der Waals surface area (Å²) < 4.78 is 16.6. The number of benzene rings is 2. The van der Waals surface area contributed by atoms with E-state index in [2.05, 4.69) is 18.7 Å². The average Bonchev–Trinajstić information content (AvgIpc) is 2.66. The molecule has 0 aliphatic rings. The van der Waals surface area contributed by atoms with Crippen LogP contribution < -0.4 is 14.2 Å². The topological polar surface area (TPSA) is 51.2 Å². The molecule has 142 valence electrons. The van der Waals surface area contributed by atoms with Crippen molar-refractivity contribution in [1.29, 1.82) is 0 Å². The van der Waals surface area contributed by atoms with Crippen LogP contribution in [-0.4, -0.2) is 49.5 Å². The molecule has 0 aliphatic heterocycles. The fourth-order valence-electron chi connectivity index (χ4n) is 2.79. The smallest absolute Gasteiger partial charge is 0.165 e. The first-order valence-electron chi connectivity index (χ1n) is 8.85. The molecule has 5 nitrogen and oxygen atoms in total. The molecule has 26 heavy (non-hydrogen) atoms.